The lowest BCUT2D eigenvalue weighted by Gasteiger charge is -2.26. The van der Waals surface area contributed by atoms with E-state index in [4.69, 9.17) is 0 Å². The first-order valence-corrected chi connectivity index (χ1v) is 7.65. The molecule has 0 amide bonds. The predicted octanol–water partition coefficient (Wildman–Crippen LogP) is 2.63. The molecular weight excluding hydrogens is 248 g/mol. The number of benzene rings is 1. The van der Waals surface area contributed by atoms with E-state index in [9.17, 15) is 5.11 Å². The van der Waals surface area contributed by atoms with E-state index in [2.05, 4.69) is 48.4 Å². The standard InChI is InChI=1S/C17H24N2O/c1-11(2)17(20)10-18-12-7-8-16-14(9-12)13-5-3-4-6-15(13)19-16/h3-6,11-12,17-20H,7-10H2,1-2H3. The molecule has 3 nitrogen and oxygen atoms in total. The normalized spacial score (nSPS) is 20.3. The van der Waals surface area contributed by atoms with E-state index < -0.39 is 0 Å². The fourth-order valence-electron chi connectivity index (χ4n) is 3.07. The highest BCUT2D eigenvalue weighted by Gasteiger charge is 2.22. The summed E-state index contributed by atoms with van der Waals surface area (Å²) in [5.74, 6) is 0.315. The van der Waals surface area contributed by atoms with Gasteiger partial charge in [-0.25, -0.2) is 0 Å². The zero-order valence-corrected chi connectivity index (χ0v) is 12.3. The number of fused-ring (bicyclic) bond motifs is 3. The molecule has 0 saturated carbocycles. The minimum absolute atomic E-state index is 0.251. The molecule has 1 aromatic carbocycles. The summed E-state index contributed by atoms with van der Waals surface area (Å²) in [6, 6.07) is 9.03. The molecule has 0 aliphatic heterocycles. The maximum absolute atomic E-state index is 9.92. The van der Waals surface area contributed by atoms with Crippen molar-refractivity contribution >= 4 is 10.9 Å². The molecule has 0 fully saturated rings. The summed E-state index contributed by atoms with van der Waals surface area (Å²) < 4.78 is 0. The quantitative estimate of drug-likeness (QED) is 0.801. The van der Waals surface area contributed by atoms with Crippen molar-refractivity contribution in [1.29, 1.82) is 0 Å². The molecule has 0 spiro atoms. The number of aromatic nitrogens is 1. The first kappa shape index (κ1) is 13.7. The molecule has 1 aromatic heterocycles. The third-order valence-corrected chi connectivity index (χ3v) is 4.48. The number of hydrogen-bond donors (Lipinski definition) is 3. The molecule has 2 aromatic rings. The number of rotatable bonds is 4. The first-order valence-electron chi connectivity index (χ1n) is 7.65. The van der Waals surface area contributed by atoms with Crippen LogP contribution in [0, 0.1) is 5.92 Å². The van der Waals surface area contributed by atoms with Gasteiger partial charge < -0.3 is 15.4 Å². The molecule has 0 saturated heterocycles. The van der Waals surface area contributed by atoms with Crippen molar-refractivity contribution in [3.05, 3.63) is 35.5 Å². The smallest absolute Gasteiger partial charge is 0.0687 e. The number of aliphatic hydroxyl groups is 1. The van der Waals surface area contributed by atoms with E-state index in [1.165, 1.54) is 22.2 Å². The molecule has 108 valence electrons. The van der Waals surface area contributed by atoms with E-state index in [0.717, 1.165) is 19.3 Å². The highest BCUT2D eigenvalue weighted by atomic mass is 16.3. The van der Waals surface area contributed by atoms with Crippen LogP contribution in [0.3, 0.4) is 0 Å². The second kappa shape index (κ2) is 5.58. The van der Waals surface area contributed by atoms with Gasteiger partial charge in [-0.2, -0.15) is 0 Å². The van der Waals surface area contributed by atoms with E-state index >= 15 is 0 Å². The largest absolute Gasteiger partial charge is 0.392 e. The Morgan fingerprint density at radius 1 is 1.35 bits per heavy atom. The van der Waals surface area contributed by atoms with Crippen molar-refractivity contribution in [3.63, 3.8) is 0 Å². The average molecular weight is 272 g/mol. The Balaban J connectivity index is 1.71. The molecule has 3 heteroatoms. The summed E-state index contributed by atoms with van der Waals surface area (Å²) in [7, 11) is 0. The Kier molecular flexibility index (Phi) is 3.81. The van der Waals surface area contributed by atoms with Crippen molar-refractivity contribution in [2.45, 2.75) is 45.3 Å². The van der Waals surface area contributed by atoms with E-state index in [-0.39, 0.29) is 6.10 Å². The summed E-state index contributed by atoms with van der Waals surface area (Å²) in [4.78, 5) is 3.54. The molecule has 1 heterocycles. The topological polar surface area (TPSA) is 48.0 Å². The van der Waals surface area contributed by atoms with Gasteiger partial charge in [0.05, 0.1) is 6.10 Å². The summed E-state index contributed by atoms with van der Waals surface area (Å²) in [5.41, 5.74) is 4.11. The monoisotopic (exact) mass is 272 g/mol. The van der Waals surface area contributed by atoms with Gasteiger partial charge in [0.2, 0.25) is 0 Å². The van der Waals surface area contributed by atoms with Gasteiger partial charge >= 0.3 is 0 Å². The zero-order valence-electron chi connectivity index (χ0n) is 12.3. The fourth-order valence-corrected chi connectivity index (χ4v) is 3.07. The van der Waals surface area contributed by atoms with Gasteiger partial charge in [-0.3, -0.25) is 0 Å². The lowest BCUT2D eigenvalue weighted by Crippen LogP contribution is -2.40. The summed E-state index contributed by atoms with van der Waals surface area (Å²) in [6.45, 7) is 4.82. The fraction of sp³-hybridized carbons (Fsp3) is 0.529. The van der Waals surface area contributed by atoms with Gasteiger partial charge in [-0.15, -0.1) is 0 Å². The Bertz CT molecular complexity index is 588. The van der Waals surface area contributed by atoms with Gasteiger partial charge in [0.1, 0.15) is 0 Å². The average Bonchev–Trinajstić information content (AvgIpc) is 2.82. The lowest BCUT2D eigenvalue weighted by atomic mass is 9.91. The molecule has 1 aliphatic rings. The second-order valence-corrected chi connectivity index (χ2v) is 6.29. The number of aliphatic hydroxyl groups excluding tert-OH is 1. The van der Waals surface area contributed by atoms with Crippen LogP contribution in [0.15, 0.2) is 24.3 Å². The maximum Gasteiger partial charge on any atom is 0.0687 e. The van der Waals surface area contributed by atoms with Crippen LogP contribution in [0.2, 0.25) is 0 Å². The van der Waals surface area contributed by atoms with Crippen molar-refractivity contribution < 1.29 is 5.11 Å². The molecule has 0 bridgehead atoms. The lowest BCUT2D eigenvalue weighted by molar-refractivity contribution is 0.119. The van der Waals surface area contributed by atoms with Crippen LogP contribution in [0.4, 0.5) is 0 Å². The molecule has 1 aliphatic carbocycles. The Labute approximate surface area is 120 Å². The molecule has 2 unspecified atom stereocenters. The van der Waals surface area contributed by atoms with Gasteiger partial charge in [0, 0.05) is 29.2 Å². The number of nitrogens with one attached hydrogen (secondary N) is 2. The number of aromatic amines is 1. The molecule has 0 radical (unpaired) electrons. The van der Waals surface area contributed by atoms with Crippen LogP contribution in [0.25, 0.3) is 10.9 Å². The summed E-state index contributed by atoms with van der Waals surface area (Å²) in [6.07, 6.45) is 3.05. The van der Waals surface area contributed by atoms with Crippen LogP contribution < -0.4 is 5.32 Å². The van der Waals surface area contributed by atoms with Crippen LogP contribution in [0.5, 0.6) is 0 Å². The number of para-hydroxylation sites is 1. The Morgan fingerprint density at radius 3 is 2.95 bits per heavy atom. The van der Waals surface area contributed by atoms with E-state index in [1.807, 2.05) is 0 Å². The summed E-state index contributed by atoms with van der Waals surface area (Å²) >= 11 is 0. The van der Waals surface area contributed by atoms with Crippen molar-refractivity contribution in [2.75, 3.05) is 6.54 Å². The van der Waals surface area contributed by atoms with Gasteiger partial charge in [-0.05, 0) is 36.8 Å². The first-order chi connectivity index (χ1) is 9.65. The highest BCUT2D eigenvalue weighted by molar-refractivity contribution is 5.84. The number of aryl methyl sites for hydroxylation is 1. The minimum Gasteiger partial charge on any atom is -0.392 e. The summed E-state index contributed by atoms with van der Waals surface area (Å²) in [5, 5.41) is 14.8. The Morgan fingerprint density at radius 2 is 2.15 bits per heavy atom. The number of H-pyrrole nitrogens is 1. The van der Waals surface area contributed by atoms with Crippen LogP contribution >= 0.6 is 0 Å². The van der Waals surface area contributed by atoms with Crippen LogP contribution in [0.1, 0.15) is 31.5 Å². The molecule has 2 atom stereocenters. The molecule has 3 N–H and O–H groups in total. The third-order valence-electron chi connectivity index (χ3n) is 4.48. The van der Waals surface area contributed by atoms with Crippen molar-refractivity contribution in [2.24, 2.45) is 5.92 Å². The number of hydrogen-bond acceptors (Lipinski definition) is 2. The van der Waals surface area contributed by atoms with E-state index in [1.54, 1.807) is 0 Å². The van der Waals surface area contributed by atoms with E-state index in [0.29, 0.717) is 18.5 Å². The van der Waals surface area contributed by atoms with Gasteiger partial charge in [0.25, 0.3) is 0 Å². The highest BCUT2D eigenvalue weighted by Crippen LogP contribution is 2.29. The maximum atomic E-state index is 9.92. The predicted molar refractivity (Wildman–Crippen MR) is 83.0 cm³/mol. The molecular formula is C17H24N2O. The minimum atomic E-state index is -0.251. The van der Waals surface area contributed by atoms with Crippen molar-refractivity contribution in [1.82, 2.24) is 10.3 Å². The van der Waals surface area contributed by atoms with Gasteiger partial charge in [0.15, 0.2) is 0 Å². The third kappa shape index (κ3) is 2.60. The van der Waals surface area contributed by atoms with Crippen molar-refractivity contribution in [3.8, 4) is 0 Å². The van der Waals surface area contributed by atoms with Gasteiger partial charge in [-0.1, -0.05) is 32.0 Å². The molecule has 3 rings (SSSR count). The zero-order chi connectivity index (χ0) is 14.1. The SMILES string of the molecule is CC(C)C(O)CNC1CCc2[nH]c3ccccc3c2C1. The van der Waals surface area contributed by atoms with Crippen LogP contribution in [-0.2, 0) is 12.8 Å². The van der Waals surface area contributed by atoms with Crippen LogP contribution in [-0.4, -0.2) is 28.8 Å². The molecule has 20 heavy (non-hydrogen) atoms. The Hall–Kier alpha value is -1.32. The second-order valence-electron chi connectivity index (χ2n) is 6.29.